The van der Waals surface area contributed by atoms with E-state index in [9.17, 15) is 14.4 Å². The first-order valence-electron chi connectivity index (χ1n) is 12.0. The van der Waals surface area contributed by atoms with Crippen LogP contribution in [-0.2, 0) is 29.0 Å². The molecule has 9 nitrogen and oxygen atoms in total. The fourth-order valence-electron chi connectivity index (χ4n) is 4.44. The Morgan fingerprint density at radius 3 is 2.54 bits per heavy atom. The van der Waals surface area contributed by atoms with E-state index in [2.05, 4.69) is 10.4 Å². The lowest BCUT2D eigenvalue weighted by atomic mass is 9.94. The van der Waals surface area contributed by atoms with Gasteiger partial charge in [-0.1, -0.05) is 48.0 Å². The van der Waals surface area contributed by atoms with Crippen LogP contribution in [0.3, 0.4) is 0 Å². The fraction of sp³-hybridized carbons (Fsp3) is 0.333. The summed E-state index contributed by atoms with van der Waals surface area (Å²) in [5.74, 6) is -0.736. The van der Waals surface area contributed by atoms with Gasteiger partial charge in [0, 0.05) is 29.7 Å². The Morgan fingerprint density at radius 2 is 1.84 bits per heavy atom. The molecule has 0 spiro atoms. The summed E-state index contributed by atoms with van der Waals surface area (Å²) in [5.41, 5.74) is 0.619. The fourth-order valence-corrected chi connectivity index (χ4v) is 4.67. The highest BCUT2D eigenvalue weighted by Crippen LogP contribution is 2.29. The summed E-state index contributed by atoms with van der Waals surface area (Å²) in [6, 6.07) is 16.2. The minimum atomic E-state index is -1.29. The second kappa shape index (κ2) is 11.0. The van der Waals surface area contributed by atoms with E-state index >= 15 is 0 Å². The SMILES string of the molecule is CCOC(=O)c1cc2n(n1)C[C@](C)(C(=O)NCc1ccccc1OC)N(CCc1ccccc1Cl)C2=O. The van der Waals surface area contributed by atoms with Gasteiger partial charge < -0.3 is 19.7 Å². The topological polar surface area (TPSA) is 103 Å². The number of amides is 2. The third kappa shape index (κ3) is 5.32. The van der Waals surface area contributed by atoms with Crippen LogP contribution in [0.25, 0.3) is 0 Å². The van der Waals surface area contributed by atoms with E-state index in [1.165, 1.54) is 15.6 Å². The zero-order valence-electron chi connectivity index (χ0n) is 21.0. The third-order valence-corrected chi connectivity index (χ3v) is 6.83. The van der Waals surface area contributed by atoms with Crippen LogP contribution in [0.4, 0.5) is 0 Å². The second-order valence-corrected chi connectivity index (χ2v) is 9.27. The molecule has 0 saturated heterocycles. The van der Waals surface area contributed by atoms with Crippen molar-refractivity contribution >= 4 is 29.4 Å². The van der Waals surface area contributed by atoms with Crippen LogP contribution in [0.5, 0.6) is 5.75 Å². The molecule has 1 atom stereocenters. The molecule has 1 N–H and O–H groups in total. The highest BCUT2D eigenvalue weighted by atomic mass is 35.5. The summed E-state index contributed by atoms with van der Waals surface area (Å²) >= 11 is 6.35. The Hall–Kier alpha value is -3.85. The van der Waals surface area contributed by atoms with Crippen molar-refractivity contribution in [3.63, 3.8) is 0 Å². The molecule has 37 heavy (non-hydrogen) atoms. The van der Waals surface area contributed by atoms with Crippen molar-refractivity contribution in [2.45, 2.75) is 38.9 Å². The Labute approximate surface area is 220 Å². The molecule has 0 fully saturated rings. The number of carbonyl (C=O) groups is 3. The van der Waals surface area contributed by atoms with Gasteiger partial charge in [-0.2, -0.15) is 5.10 Å². The van der Waals surface area contributed by atoms with Crippen molar-refractivity contribution in [2.75, 3.05) is 20.3 Å². The van der Waals surface area contributed by atoms with Gasteiger partial charge in [0.25, 0.3) is 5.91 Å². The molecule has 0 bridgehead atoms. The van der Waals surface area contributed by atoms with Crippen LogP contribution in [0, 0.1) is 0 Å². The van der Waals surface area contributed by atoms with Crippen molar-refractivity contribution in [1.29, 1.82) is 0 Å². The number of nitrogens with one attached hydrogen (secondary N) is 1. The minimum Gasteiger partial charge on any atom is -0.496 e. The number of rotatable bonds is 9. The summed E-state index contributed by atoms with van der Waals surface area (Å²) < 4.78 is 11.8. The molecule has 0 aliphatic carbocycles. The average Bonchev–Trinajstić information content (AvgIpc) is 3.32. The molecule has 4 rings (SSSR count). The van der Waals surface area contributed by atoms with Gasteiger partial charge in [0.15, 0.2) is 5.69 Å². The Balaban J connectivity index is 1.64. The molecule has 194 valence electrons. The van der Waals surface area contributed by atoms with Crippen molar-refractivity contribution in [3.8, 4) is 5.75 Å². The number of esters is 1. The van der Waals surface area contributed by atoms with Crippen LogP contribution in [0.2, 0.25) is 5.02 Å². The van der Waals surface area contributed by atoms with Crippen LogP contribution < -0.4 is 10.1 Å². The molecule has 1 aliphatic rings. The van der Waals surface area contributed by atoms with Crippen LogP contribution in [0.15, 0.2) is 54.6 Å². The molecular weight excluding hydrogens is 496 g/mol. The molecule has 0 radical (unpaired) electrons. The monoisotopic (exact) mass is 524 g/mol. The molecule has 0 saturated carbocycles. The van der Waals surface area contributed by atoms with Crippen LogP contribution in [0.1, 0.15) is 46.0 Å². The summed E-state index contributed by atoms with van der Waals surface area (Å²) in [5, 5.41) is 7.82. The Kier molecular flexibility index (Phi) is 7.83. The zero-order valence-corrected chi connectivity index (χ0v) is 21.7. The molecule has 3 aromatic rings. The smallest absolute Gasteiger partial charge is 0.358 e. The molecule has 2 amide bonds. The van der Waals surface area contributed by atoms with Crippen molar-refractivity contribution < 1.29 is 23.9 Å². The number of fused-ring (bicyclic) bond motifs is 1. The number of para-hydroxylation sites is 1. The number of hydrogen-bond acceptors (Lipinski definition) is 6. The van der Waals surface area contributed by atoms with E-state index < -0.39 is 17.4 Å². The zero-order chi connectivity index (χ0) is 26.6. The predicted octanol–water partition coefficient (Wildman–Crippen LogP) is 3.50. The van der Waals surface area contributed by atoms with E-state index in [0.717, 1.165) is 11.1 Å². The van der Waals surface area contributed by atoms with Gasteiger partial charge in [-0.3, -0.25) is 14.3 Å². The number of carbonyl (C=O) groups excluding carboxylic acids is 3. The van der Waals surface area contributed by atoms with Crippen molar-refractivity contribution in [3.05, 3.63) is 82.1 Å². The first-order valence-corrected chi connectivity index (χ1v) is 12.4. The lowest BCUT2D eigenvalue weighted by Crippen LogP contribution is -2.64. The largest absolute Gasteiger partial charge is 0.496 e. The van der Waals surface area contributed by atoms with Gasteiger partial charge in [-0.15, -0.1) is 0 Å². The maximum atomic E-state index is 13.7. The summed E-state index contributed by atoms with van der Waals surface area (Å²) in [6.07, 6.45) is 0.444. The molecule has 0 unspecified atom stereocenters. The van der Waals surface area contributed by atoms with Gasteiger partial charge in [0.2, 0.25) is 5.91 Å². The number of hydrogen-bond donors (Lipinski definition) is 1. The van der Waals surface area contributed by atoms with E-state index in [1.807, 2.05) is 42.5 Å². The maximum Gasteiger partial charge on any atom is 0.358 e. The Bertz CT molecular complexity index is 1320. The molecule has 2 aromatic carbocycles. The average molecular weight is 525 g/mol. The van der Waals surface area contributed by atoms with E-state index in [1.54, 1.807) is 27.0 Å². The molecular formula is C27H29ClN4O5. The number of nitrogens with zero attached hydrogens (tertiary/aromatic N) is 3. The third-order valence-electron chi connectivity index (χ3n) is 6.47. The van der Waals surface area contributed by atoms with Gasteiger partial charge in [0.1, 0.15) is 17.0 Å². The standard InChI is InChI=1S/C27H29ClN4O5/c1-4-37-25(34)21-15-22-24(33)31(14-13-18-9-5-7-11-20(18)28)27(2,17-32(22)30-21)26(35)29-16-19-10-6-8-12-23(19)36-3/h5-12,15H,4,13-14,16-17H2,1-3H3,(H,29,35)/t27-/m1/s1. The molecule has 10 heteroatoms. The van der Waals surface area contributed by atoms with Gasteiger partial charge >= 0.3 is 5.97 Å². The second-order valence-electron chi connectivity index (χ2n) is 8.86. The normalized spacial score (nSPS) is 16.8. The van der Waals surface area contributed by atoms with Crippen molar-refractivity contribution in [2.24, 2.45) is 0 Å². The number of halogens is 1. The highest BCUT2D eigenvalue weighted by Gasteiger charge is 2.48. The number of aromatic nitrogens is 2. The predicted molar refractivity (Wildman–Crippen MR) is 138 cm³/mol. The number of benzene rings is 2. The van der Waals surface area contributed by atoms with Crippen molar-refractivity contribution in [1.82, 2.24) is 20.0 Å². The lowest BCUT2D eigenvalue weighted by Gasteiger charge is -2.43. The molecule has 2 heterocycles. The highest BCUT2D eigenvalue weighted by molar-refractivity contribution is 6.31. The van der Waals surface area contributed by atoms with Crippen LogP contribution in [-0.4, -0.2) is 58.3 Å². The quantitative estimate of drug-likeness (QED) is 0.430. The van der Waals surface area contributed by atoms with E-state index in [4.69, 9.17) is 21.1 Å². The lowest BCUT2D eigenvalue weighted by molar-refractivity contribution is -0.133. The molecule has 1 aliphatic heterocycles. The Morgan fingerprint density at radius 1 is 1.14 bits per heavy atom. The van der Waals surface area contributed by atoms with Gasteiger partial charge in [-0.05, 0) is 38.0 Å². The first-order chi connectivity index (χ1) is 17.8. The van der Waals surface area contributed by atoms with E-state index in [-0.39, 0.29) is 43.5 Å². The summed E-state index contributed by atoms with van der Waals surface area (Å²) in [7, 11) is 1.57. The summed E-state index contributed by atoms with van der Waals surface area (Å²) in [6.45, 7) is 4.09. The summed E-state index contributed by atoms with van der Waals surface area (Å²) in [4.78, 5) is 41.2. The maximum absolute atomic E-state index is 13.7. The minimum absolute atomic E-state index is 0.0231. The number of ether oxygens (including phenoxy) is 2. The van der Waals surface area contributed by atoms with Gasteiger partial charge in [-0.25, -0.2) is 4.79 Å². The van der Waals surface area contributed by atoms with Crippen LogP contribution >= 0.6 is 11.6 Å². The number of methoxy groups -OCH3 is 1. The first kappa shape index (κ1) is 26.2. The molecule has 1 aromatic heterocycles. The van der Waals surface area contributed by atoms with E-state index in [0.29, 0.717) is 17.2 Å². The van der Waals surface area contributed by atoms with Gasteiger partial charge in [0.05, 0.1) is 20.3 Å².